The quantitative estimate of drug-likeness (QED) is 0.132. The van der Waals surface area contributed by atoms with E-state index in [0.29, 0.717) is 6.42 Å². The molecule has 1 N–H and O–H groups in total. The molecule has 0 aliphatic heterocycles. The van der Waals surface area contributed by atoms with Crippen LogP contribution < -0.4 is 0 Å². The summed E-state index contributed by atoms with van der Waals surface area (Å²) in [6, 6.07) is 0. The van der Waals surface area contributed by atoms with E-state index in [4.69, 9.17) is 9.29 Å². The molecule has 1 atom stereocenters. The maximum atomic E-state index is 11.6. The molecule has 7 heteroatoms. The fraction of sp³-hybridized carbons (Fsp3) is 0.952. The molecule has 0 saturated heterocycles. The molecule has 0 fully saturated rings. The summed E-state index contributed by atoms with van der Waals surface area (Å²) < 4.78 is 35.7. The van der Waals surface area contributed by atoms with Gasteiger partial charge < -0.3 is 4.74 Å². The molecule has 5 nitrogen and oxygen atoms in total. The van der Waals surface area contributed by atoms with Gasteiger partial charge in [0.25, 0.3) is 0 Å². The summed E-state index contributed by atoms with van der Waals surface area (Å²) in [4.78, 5) is 11.6. The fourth-order valence-corrected chi connectivity index (χ4v) is 3.80. The van der Waals surface area contributed by atoms with E-state index in [9.17, 15) is 13.2 Å². The molecule has 0 heterocycles. The molecule has 0 spiro atoms. The molecule has 0 aromatic heterocycles. The second-order valence-corrected chi connectivity index (χ2v) is 9.57. The van der Waals surface area contributed by atoms with Crippen molar-refractivity contribution < 1.29 is 22.5 Å². The van der Waals surface area contributed by atoms with Gasteiger partial charge in [0.15, 0.2) is 0 Å². The zero-order valence-corrected chi connectivity index (χ0v) is 18.6. The van der Waals surface area contributed by atoms with Crippen LogP contribution in [0.4, 0.5) is 0 Å². The van der Waals surface area contributed by atoms with E-state index >= 15 is 0 Å². The molecule has 0 aromatic rings. The molecule has 0 aliphatic rings. The van der Waals surface area contributed by atoms with Crippen molar-refractivity contribution in [2.75, 3.05) is 0 Å². The van der Waals surface area contributed by atoms with Crippen molar-refractivity contribution in [3.63, 3.8) is 0 Å². The van der Waals surface area contributed by atoms with E-state index in [1.54, 1.807) is 6.92 Å². The molecule has 0 saturated carbocycles. The van der Waals surface area contributed by atoms with Gasteiger partial charge in [-0.25, -0.2) is 0 Å². The molecule has 0 aromatic carbocycles. The Kier molecular flexibility index (Phi) is 21.1. The van der Waals surface area contributed by atoms with Gasteiger partial charge in [0, 0.05) is 6.42 Å². The van der Waals surface area contributed by atoms with Gasteiger partial charge in [-0.2, -0.15) is 8.42 Å². The van der Waals surface area contributed by atoms with Gasteiger partial charge in [-0.05, 0) is 18.8 Å². The Morgan fingerprint density at radius 1 is 0.821 bits per heavy atom. The fourth-order valence-electron chi connectivity index (χ4n) is 3.15. The Balaban J connectivity index is 0. The Hall–Kier alpha value is 0.380. The summed E-state index contributed by atoms with van der Waals surface area (Å²) in [6.45, 7) is 6.13. The zero-order valence-electron chi connectivity index (χ0n) is 17.7. The molecular weight excluding hydrogens is 387 g/mol. The topological polar surface area (TPSA) is 80.7 Å². The molecule has 0 bridgehead atoms. The van der Waals surface area contributed by atoms with E-state index < -0.39 is 21.5 Å². The second-order valence-electron chi connectivity index (χ2n) is 8.02. The minimum atomic E-state index is -4.31. The molecule has 0 radical (unpaired) electrons. The van der Waals surface area contributed by atoms with Crippen molar-refractivity contribution in [3.05, 3.63) is 0 Å². The Labute approximate surface area is 195 Å². The second kappa shape index (κ2) is 19.3. The molecule has 0 rings (SSSR count). The summed E-state index contributed by atoms with van der Waals surface area (Å²) in [5, 5.41) is 0. The van der Waals surface area contributed by atoms with E-state index in [1.165, 1.54) is 64.2 Å². The number of carbonyl (C=O) groups excluding carboxylic acids is 1. The number of rotatable bonds is 18. The summed E-state index contributed by atoms with van der Waals surface area (Å²) in [5.41, 5.74) is -1.43. The van der Waals surface area contributed by atoms with Crippen LogP contribution in [0.5, 0.6) is 0 Å². The van der Waals surface area contributed by atoms with Gasteiger partial charge in [-0.3, -0.25) is 9.35 Å². The first kappa shape index (κ1) is 30.6. The Morgan fingerprint density at radius 2 is 1.21 bits per heavy atom. The van der Waals surface area contributed by atoms with Crippen LogP contribution in [0.1, 0.15) is 117 Å². The van der Waals surface area contributed by atoms with E-state index in [-0.39, 0.29) is 42.4 Å². The number of hydrogen-bond acceptors (Lipinski definition) is 4. The van der Waals surface area contributed by atoms with Crippen molar-refractivity contribution in [3.8, 4) is 0 Å². The Bertz CT molecular complexity index is 465. The number of ether oxygens (including phenoxy) is 1. The zero-order chi connectivity index (χ0) is 20.5. The number of carbonyl (C=O) groups is 1. The van der Waals surface area contributed by atoms with Crippen molar-refractivity contribution in [2.45, 2.75) is 123 Å². The summed E-state index contributed by atoms with van der Waals surface area (Å²) >= 11 is 0. The van der Waals surface area contributed by atoms with Crippen LogP contribution >= 0.6 is 0 Å². The van der Waals surface area contributed by atoms with Crippen LogP contribution in [0.15, 0.2) is 0 Å². The number of unbranched alkanes of at least 4 members (excludes halogenated alkanes) is 11. The van der Waals surface area contributed by atoms with Gasteiger partial charge in [-0.1, -0.05) is 97.8 Å². The SMILES string of the molecule is CCC(OC(=O)CCCCCCCCCCCCCCC(C)C)S(=O)(=O)O.[NaH]. The van der Waals surface area contributed by atoms with Crippen LogP contribution in [-0.4, -0.2) is 53.9 Å². The van der Waals surface area contributed by atoms with Crippen LogP contribution in [0.25, 0.3) is 0 Å². The number of hydrogen-bond donors (Lipinski definition) is 1. The molecular formula is C21H43NaO5S. The molecule has 0 aliphatic carbocycles. The van der Waals surface area contributed by atoms with Crippen LogP contribution in [0, 0.1) is 5.92 Å². The van der Waals surface area contributed by atoms with Gasteiger partial charge in [-0.15, -0.1) is 0 Å². The first-order valence-electron chi connectivity index (χ1n) is 10.9. The normalized spacial score (nSPS) is 12.6. The minimum absolute atomic E-state index is 0. The first-order chi connectivity index (χ1) is 12.8. The summed E-state index contributed by atoms with van der Waals surface area (Å²) in [7, 11) is -4.31. The summed E-state index contributed by atoms with van der Waals surface area (Å²) in [5.74, 6) is 0.286. The van der Waals surface area contributed by atoms with Crippen molar-refractivity contribution in [1.82, 2.24) is 0 Å². The van der Waals surface area contributed by atoms with Crippen molar-refractivity contribution in [2.24, 2.45) is 5.92 Å². The molecule has 1 unspecified atom stereocenters. The maximum absolute atomic E-state index is 11.6. The predicted octanol–water partition coefficient (Wildman–Crippen LogP) is 5.62. The van der Waals surface area contributed by atoms with Crippen molar-refractivity contribution in [1.29, 1.82) is 0 Å². The van der Waals surface area contributed by atoms with Crippen LogP contribution in [-0.2, 0) is 19.6 Å². The average Bonchev–Trinajstić information content (AvgIpc) is 2.58. The van der Waals surface area contributed by atoms with E-state index in [1.807, 2.05) is 0 Å². The number of esters is 1. The van der Waals surface area contributed by atoms with E-state index in [0.717, 1.165) is 18.8 Å². The van der Waals surface area contributed by atoms with Crippen molar-refractivity contribution >= 4 is 45.6 Å². The molecule has 0 amide bonds. The molecule has 164 valence electrons. The van der Waals surface area contributed by atoms with Gasteiger partial charge >= 0.3 is 45.6 Å². The van der Waals surface area contributed by atoms with Crippen LogP contribution in [0.2, 0.25) is 0 Å². The average molecular weight is 431 g/mol. The van der Waals surface area contributed by atoms with E-state index in [2.05, 4.69) is 13.8 Å². The first-order valence-corrected chi connectivity index (χ1v) is 12.4. The summed E-state index contributed by atoms with van der Waals surface area (Å²) in [6.07, 6.45) is 16.3. The third-order valence-corrected chi connectivity index (χ3v) is 5.93. The van der Waals surface area contributed by atoms with Crippen LogP contribution in [0.3, 0.4) is 0 Å². The third kappa shape index (κ3) is 19.7. The Morgan fingerprint density at radius 3 is 1.57 bits per heavy atom. The molecule has 28 heavy (non-hydrogen) atoms. The van der Waals surface area contributed by atoms with Gasteiger partial charge in [0.05, 0.1) is 0 Å². The standard InChI is InChI=1S/C21H42O5S.Na.H/c1-4-21(27(23,24)25)26-20(22)18-16-14-12-10-8-6-5-7-9-11-13-15-17-19(2)3;;/h19,21H,4-18H2,1-3H3,(H,23,24,25);;. The monoisotopic (exact) mass is 430 g/mol. The predicted molar refractivity (Wildman–Crippen MR) is 118 cm³/mol. The third-order valence-electron chi connectivity index (χ3n) is 4.84. The van der Waals surface area contributed by atoms with Gasteiger partial charge in [0.2, 0.25) is 5.44 Å². The van der Waals surface area contributed by atoms with Gasteiger partial charge in [0.1, 0.15) is 0 Å².